The zero-order valence-corrected chi connectivity index (χ0v) is 10.7. The fraction of sp³-hybridized carbons (Fsp3) is 0.308. The molecule has 0 bridgehead atoms. The quantitative estimate of drug-likeness (QED) is 0.841. The highest BCUT2D eigenvalue weighted by atomic mass is 32.1. The first-order valence-corrected chi connectivity index (χ1v) is 6.39. The van der Waals surface area contributed by atoms with Crippen LogP contribution in [0.5, 0.6) is 5.75 Å². The van der Waals surface area contributed by atoms with Crippen molar-refractivity contribution in [2.75, 3.05) is 5.73 Å². The third kappa shape index (κ3) is 1.89. The summed E-state index contributed by atoms with van der Waals surface area (Å²) in [5.41, 5.74) is 7.99. The third-order valence-electron chi connectivity index (χ3n) is 2.87. The minimum absolute atomic E-state index is 0.0896. The van der Waals surface area contributed by atoms with Crippen LogP contribution in [0, 0.1) is 0 Å². The van der Waals surface area contributed by atoms with Gasteiger partial charge in [0.2, 0.25) is 0 Å². The van der Waals surface area contributed by atoms with Crippen molar-refractivity contribution in [1.82, 2.24) is 4.98 Å². The highest BCUT2D eigenvalue weighted by Crippen LogP contribution is 2.38. The fourth-order valence-electron chi connectivity index (χ4n) is 2.18. The molecule has 3 nitrogen and oxygen atoms in total. The van der Waals surface area contributed by atoms with Gasteiger partial charge in [-0.2, -0.15) is 0 Å². The van der Waals surface area contributed by atoms with E-state index in [1.54, 1.807) is 0 Å². The monoisotopic (exact) mass is 246 g/mol. The number of hydrogen-bond acceptors (Lipinski definition) is 4. The van der Waals surface area contributed by atoms with Gasteiger partial charge in [0, 0.05) is 12.6 Å². The molecule has 0 radical (unpaired) electrons. The van der Waals surface area contributed by atoms with Crippen LogP contribution >= 0.6 is 11.3 Å². The average Bonchev–Trinajstić information content (AvgIpc) is 2.78. The Hall–Kier alpha value is -1.55. The molecule has 0 fully saturated rings. The number of nitrogens with zero attached hydrogens (tertiary/aromatic N) is 1. The van der Waals surface area contributed by atoms with Crippen molar-refractivity contribution in [1.29, 1.82) is 0 Å². The van der Waals surface area contributed by atoms with Gasteiger partial charge >= 0.3 is 0 Å². The van der Waals surface area contributed by atoms with Crippen LogP contribution in [0.3, 0.4) is 0 Å². The molecule has 17 heavy (non-hydrogen) atoms. The maximum Gasteiger partial charge on any atom is 0.180 e. The van der Waals surface area contributed by atoms with Crippen molar-refractivity contribution < 1.29 is 4.74 Å². The van der Waals surface area contributed by atoms with Crippen LogP contribution in [0.1, 0.15) is 19.4 Å². The number of nitrogens with two attached hydrogens (primary N) is 1. The predicted octanol–water partition coefficient (Wildman–Crippen LogP) is 3.11. The largest absolute Gasteiger partial charge is 0.487 e. The summed E-state index contributed by atoms with van der Waals surface area (Å²) in [4.78, 5) is 5.19. The molecule has 1 aliphatic rings. The summed E-state index contributed by atoms with van der Waals surface area (Å²) in [5.74, 6) is 0.997. The molecule has 0 saturated heterocycles. The molecular formula is C13H14N2OS. The van der Waals surface area contributed by atoms with Crippen molar-refractivity contribution in [3.63, 3.8) is 0 Å². The minimum atomic E-state index is -0.0896. The standard InChI is InChI=1S/C13H14N2OS/c1-13(2)6-9-5-8(3-4-10(9)16-13)11-7-15-12(14)17-11/h3-5,7H,6H2,1-2H3,(H2,14,15). The Morgan fingerprint density at radius 3 is 2.94 bits per heavy atom. The molecule has 1 aromatic carbocycles. The number of benzene rings is 1. The number of rotatable bonds is 1. The Morgan fingerprint density at radius 2 is 2.24 bits per heavy atom. The lowest BCUT2D eigenvalue weighted by Gasteiger charge is -2.16. The number of aromatic nitrogens is 1. The Morgan fingerprint density at radius 1 is 1.41 bits per heavy atom. The summed E-state index contributed by atoms with van der Waals surface area (Å²) in [5, 5.41) is 0.608. The van der Waals surface area contributed by atoms with Crippen LogP contribution in [0.2, 0.25) is 0 Å². The first kappa shape index (κ1) is 10.6. The number of thiazole rings is 1. The van der Waals surface area contributed by atoms with Gasteiger partial charge in [-0.05, 0) is 43.2 Å². The summed E-state index contributed by atoms with van der Waals surface area (Å²) in [6.07, 6.45) is 2.77. The first-order valence-electron chi connectivity index (χ1n) is 5.57. The Bertz CT molecular complexity index is 575. The van der Waals surface area contributed by atoms with Crippen molar-refractivity contribution >= 4 is 16.5 Å². The van der Waals surface area contributed by atoms with Gasteiger partial charge in [-0.3, -0.25) is 0 Å². The van der Waals surface area contributed by atoms with Crippen LogP contribution in [0.25, 0.3) is 10.4 Å². The van der Waals surface area contributed by atoms with E-state index in [0.29, 0.717) is 5.13 Å². The van der Waals surface area contributed by atoms with Crippen LogP contribution in [0.4, 0.5) is 5.13 Å². The number of ether oxygens (including phenoxy) is 1. The lowest BCUT2D eigenvalue weighted by molar-refractivity contribution is 0.138. The smallest absolute Gasteiger partial charge is 0.180 e. The van der Waals surface area contributed by atoms with Gasteiger partial charge in [0.05, 0.1) is 4.88 Å². The van der Waals surface area contributed by atoms with E-state index in [2.05, 4.69) is 31.0 Å². The maximum absolute atomic E-state index is 5.85. The molecule has 88 valence electrons. The normalized spacial score (nSPS) is 16.6. The van der Waals surface area contributed by atoms with Crippen LogP contribution < -0.4 is 10.5 Å². The second kappa shape index (κ2) is 3.47. The van der Waals surface area contributed by atoms with Crippen molar-refractivity contribution in [3.05, 3.63) is 30.0 Å². The molecule has 3 rings (SSSR count). The second-order valence-corrected chi connectivity index (χ2v) is 5.99. The van der Waals surface area contributed by atoms with Gasteiger partial charge in [0.1, 0.15) is 11.4 Å². The van der Waals surface area contributed by atoms with Crippen molar-refractivity contribution in [2.45, 2.75) is 25.9 Å². The highest BCUT2D eigenvalue weighted by molar-refractivity contribution is 7.18. The molecule has 0 spiro atoms. The lowest BCUT2D eigenvalue weighted by atomic mass is 10.00. The molecule has 0 amide bonds. The molecule has 1 aliphatic heterocycles. The molecule has 0 unspecified atom stereocenters. The van der Waals surface area contributed by atoms with Crippen molar-refractivity contribution in [2.24, 2.45) is 0 Å². The Balaban J connectivity index is 2.01. The zero-order chi connectivity index (χ0) is 12.0. The molecule has 2 N–H and O–H groups in total. The van der Waals surface area contributed by atoms with E-state index in [1.807, 2.05) is 12.3 Å². The van der Waals surface area contributed by atoms with Gasteiger partial charge in [-0.25, -0.2) is 4.98 Å². The van der Waals surface area contributed by atoms with Gasteiger partial charge < -0.3 is 10.5 Å². The number of anilines is 1. The number of hydrogen-bond donors (Lipinski definition) is 1. The van der Waals surface area contributed by atoms with E-state index >= 15 is 0 Å². The van der Waals surface area contributed by atoms with Gasteiger partial charge in [0.15, 0.2) is 5.13 Å². The predicted molar refractivity (Wildman–Crippen MR) is 70.4 cm³/mol. The van der Waals surface area contributed by atoms with Gasteiger partial charge in [-0.1, -0.05) is 11.3 Å². The second-order valence-electron chi connectivity index (χ2n) is 4.92. The zero-order valence-electron chi connectivity index (χ0n) is 9.86. The van der Waals surface area contributed by atoms with E-state index < -0.39 is 0 Å². The summed E-state index contributed by atoms with van der Waals surface area (Å²) in [7, 11) is 0. The van der Waals surface area contributed by atoms with E-state index in [9.17, 15) is 0 Å². The van der Waals surface area contributed by atoms with Crippen LogP contribution in [-0.4, -0.2) is 10.6 Å². The van der Waals surface area contributed by atoms with E-state index in [4.69, 9.17) is 10.5 Å². The molecular weight excluding hydrogens is 232 g/mol. The number of nitrogen functional groups attached to an aromatic ring is 1. The topological polar surface area (TPSA) is 48.1 Å². The molecule has 1 aromatic heterocycles. The third-order valence-corrected chi connectivity index (χ3v) is 3.75. The SMILES string of the molecule is CC1(C)Cc2cc(-c3cnc(N)s3)ccc2O1. The van der Waals surface area contributed by atoms with E-state index in [-0.39, 0.29) is 5.60 Å². The highest BCUT2D eigenvalue weighted by Gasteiger charge is 2.30. The average molecular weight is 246 g/mol. The Labute approximate surface area is 104 Å². The maximum atomic E-state index is 5.85. The number of fused-ring (bicyclic) bond motifs is 1. The summed E-state index contributed by atoms with van der Waals surface area (Å²) in [6, 6.07) is 6.28. The van der Waals surface area contributed by atoms with Gasteiger partial charge in [-0.15, -0.1) is 0 Å². The lowest BCUT2D eigenvalue weighted by Crippen LogP contribution is -2.24. The molecule has 0 atom stereocenters. The van der Waals surface area contributed by atoms with E-state index in [0.717, 1.165) is 17.0 Å². The van der Waals surface area contributed by atoms with Gasteiger partial charge in [0.25, 0.3) is 0 Å². The summed E-state index contributed by atoms with van der Waals surface area (Å²) >= 11 is 1.51. The van der Waals surface area contributed by atoms with Crippen LogP contribution in [-0.2, 0) is 6.42 Å². The molecule has 2 aromatic rings. The summed E-state index contributed by atoms with van der Waals surface area (Å²) in [6.45, 7) is 4.22. The first-order chi connectivity index (χ1) is 8.03. The van der Waals surface area contributed by atoms with E-state index in [1.165, 1.54) is 22.5 Å². The minimum Gasteiger partial charge on any atom is -0.487 e. The molecule has 0 aliphatic carbocycles. The summed E-state index contributed by atoms with van der Waals surface area (Å²) < 4.78 is 5.85. The Kier molecular flexibility index (Phi) is 2.16. The molecule has 0 saturated carbocycles. The fourth-order valence-corrected chi connectivity index (χ4v) is 2.86. The molecule has 4 heteroatoms. The molecule has 2 heterocycles. The van der Waals surface area contributed by atoms with Crippen LogP contribution in [0.15, 0.2) is 24.4 Å². The van der Waals surface area contributed by atoms with Crippen molar-refractivity contribution in [3.8, 4) is 16.2 Å².